The van der Waals surface area contributed by atoms with Gasteiger partial charge in [0.2, 0.25) is 0 Å². The van der Waals surface area contributed by atoms with Crippen molar-refractivity contribution in [3.63, 3.8) is 0 Å². The van der Waals surface area contributed by atoms with E-state index in [-0.39, 0.29) is 6.04 Å². The van der Waals surface area contributed by atoms with Crippen molar-refractivity contribution >= 4 is 23.0 Å². The Hall–Kier alpha value is -2.07. The summed E-state index contributed by atoms with van der Waals surface area (Å²) in [5, 5.41) is 7.21. The van der Waals surface area contributed by atoms with Gasteiger partial charge in [-0.2, -0.15) is 0 Å². The van der Waals surface area contributed by atoms with Gasteiger partial charge in [-0.15, -0.1) is 0 Å². The molecular formula is C20H26N2OS. The van der Waals surface area contributed by atoms with E-state index in [1.165, 1.54) is 16.7 Å². The number of thiocarbonyl (C=S) groups is 1. The van der Waals surface area contributed by atoms with Crippen molar-refractivity contribution in [3.8, 4) is 5.75 Å². The zero-order chi connectivity index (χ0) is 17.7. The molecule has 4 heteroatoms. The minimum Gasteiger partial charge on any atom is -0.496 e. The van der Waals surface area contributed by atoms with Crippen molar-refractivity contribution in [3.05, 3.63) is 59.2 Å². The van der Waals surface area contributed by atoms with Crippen LogP contribution in [0.2, 0.25) is 0 Å². The predicted octanol–water partition coefficient (Wildman–Crippen LogP) is 5.17. The van der Waals surface area contributed by atoms with Crippen molar-refractivity contribution in [1.29, 1.82) is 0 Å². The van der Waals surface area contributed by atoms with E-state index in [0.29, 0.717) is 11.0 Å². The van der Waals surface area contributed by atoms with Crippen molar-refractivity contribution in [2.24, 2.45) is 0 Å². The molecule has 0 aromatic heterocycles. The van der Waals surface area contributed by atoms with Gasteiger partial charge in [-0.3, -0.25) is 0 Å². The van der Waals surface area contributed by atoms with Crippen LogP contribution < -0.4 is 15.4 Å². The van der Waals surface area contributed by atoms with Gasteiger partial charge < -0.3 is 15.4 Å². The molecule has 0 saturated carbocycles. The molecule has 0 fully saturated rings. The van der Waals surface area contributed by atoms with Gasteiger partial charge in [-0.25, -0.2) is 0 Å². The molecule has 2 N–H and O–H groups in total. The molecule has 0 bridgehead atoms. The van der Waals surface area contributed by atoms with E-state index in [9.17, 15) is 0 Å². The average molecular weight is 343 g/mol. The standard InChI is InChI=1S/C20H26N2OS/c1-13(2)17-12-18(14(3)11-19(17)23-5)15(4)21-20(24)22-16-9-7-6-8-10-16/h6-13,15H,1-5H3,(H2,21,22,24)/t15-/m1/s1. The lowest BCUT2D eigenvalue weighted by molar-refractivity contribution is 0.406. The number of aryl methyl sites for hydroxylation is 1. The summed E-state index contributed by atoms with van der Waals surface area (Å²) in [7, 11) is 1.72. The van der Waals surface area contributed by atoms with Crippen LogP contribution in [0.3, 0.4) is 0 Å². The van der Waals surface area contributed by atoms with Gasteiger partial charge in [0, 0.05) is 5.69 Å². The maximum Gasteiger partial charge on any atom is 0.171 e. The summed E-state index contributed by atoms with van der Waals surface area (Å²) in [6.45, 7) is 8.58. The highest BCUT2D eigenvalue weighted by atomic mass is 32.1. The highest BCUT2D eigenvalue weighted by Gasteiger charge is 2.15. The van der Waals surface area contributed by atoms with Crippen LogP contribution in [0.25, 0.3) is 0 Å². The Balaban J connectivity index is 2.15. The molecule has 0 spiro atoms. The van der Waals surface area contributed by atoms with Crippen LogP contribution in [-0.2, 0) is 0 Å². The number of para-hydroxylation sites is 1. The number of hydrogen-bond donors (Lipinski definition) is 2. The molecule has 0 aliphatic carbocycles. The highest BCUT2D eigenvalue weighted by molar-refractivity contribution is 7.80. The maximum atomic E-state index is 5.52. The summed E-state index contributed by atoms with van der Waals surface area (Å²) < 4.78 is 5.52. The number of ether oxygens (including phenoxy) is 1. The molecule has 0 amide bonds. The average Bonchev–Trinajstić information content (AvgIpc) is 2.54. The normalized spacial score (nSPS) is 11.9. The summed E-state index contributed by atoms with van der Waals surface area (Å²) in [5.74, 6) is 1.35. The van der Waals surface area contributed by atoms with Crippen LogP contribution >= 0.6 is 12.2 Å². The summed E-state index contributed by atoms with van der Waals surface area (Å²) in [6.07, 6.45) is 0. The van der Waals surface area contributed by atoms with Gasteiger partial charge in [-0.1, -0.05) is 32.0 Å². The van der Waals surface area contributed by atoms with Crippen LogP contribution in [0.5, 0.6) is 5.75 Å². The number of hydrogen-bond acceptors (Lipinski definition) is 2. The number of nitrogens with one attached hydrogen (secondary N) is 2. The SMILES string of the molecule is COc1cc(C)c([C@@H](C)NC(=S)Nc2ccccc2)cc1C(C)C. The second-order valence-corrected chi connectivity index (χ2v) is 6.70. The Bertz CT molecular complexity index is 698. The first kappa shape index (κ1) is 18.3. The number of rotatable bonds is 5. The Kier molecular flexibility index (Phi) is 6.21. The highest BCUT2D eigenvalue weighted by Crippen LogP contribution is 2.32. The van der Waals surface area contributed by atoms with Crippen LogP contribution in [-0.4, -0.2) is 12.2 Å². The Morgan fingerprint density at radius 2 is 1.71 bits per heavy atom. The van der Waals surface area contributed by atoms with Crippen LogP contribution in [0.1, 0.15) is 49.4 Å². The van der Waals surface area contributed by atoms with E-state index < -0.39 is 0 Å². The molecule has 3 nitrogen and oxygen atoms in total. The number of methoxy groups -OCH3 is 1. The zero-order valence-corrected chi connectivity index (χ0v) is 15.8. The predicted molar refractivity (Wildman–Crippen MR) is 106 cm³/mol. The first-order valence-electron chi connectivity index (χ1n) is 8.23. The fraction of sp³-hybridized carbons (Fsp3) is 0.350. The lowest BCUT2D eigenvalue weighted by atomic mass is 9.93. The smallest absolute Gasteiger partial charge is 0.171 e. The third-order valence-corrected chi connectivity index (χ3v) is 4.31. The molecule has 2 aromatic rings. The molecular weight excluding hydrogens is 316 g/mol. The Morgan fingerprint density at radius 3 is 2.29 bits per heavy atom. The number of anilines is 1. The fourth-order valence-corrected chi connectivity index (χ4v) is 3.07. The minimum absolute atomic E-state index is 0.108. The molecule has 0 heterocycles. The molecule has 0 aliphatic heterocycles. The molecule has 2 aromatic carbocycles. The third-order valence-electron chi connectivity index (χ3n) is 4.09. The monoisotopic (exact) mass is 342 g/mol. The molecule has 128 valence electrons. The van der Waals surface area contributed by atoms with E-state index in [4.69, 9.17) is 17.0 Å². The summed E-state index contributed by atoms with van der Waals surface area (Å²) in [4.78, 5) is 0. The maximum absolute atomic E-state index is 5.52. The lowest BCUT2D eigenvalue weighted by Crippen LogP contribution is -2.31. The largest absolute Gasteiger partial charge is 0.496 e. The van der Waals surface area contributed by atoms with Gasteiger partial charge in [0.05, 0.1) is 13.2 Å². The molecule has 0 aliphatic rings. The van der Waals surface area contributed by atoms with Crippen molar-refractivity contribution in [1.82, 2.24) is 5.32 Å². The third kappa shape index (κ3) is 4.48. The molecule has 0 unspecified atom stereocenters. The summed E-state index contributed by atoms with van der Waals surface area (Å²) in [5.41, 5.74) is 4.63. The van der Waals surface area contributed by atoms with Gasteiger partial charge in [-0.05, 0) is 72.9 Å². The first-order chi connectivity index (χ1) is 11.4. The van der Waals surface area contributed by atoms with Crippen LogP contribution in [0.15, 0.2) is 42.5 Å². The minimum atomic E-state index is 0.108. The second kappa shape index (κ2) is 8.15. The number of benzene rings is 2. The van der Waals surface area contributed by atoms with Gasteiger partial charge in [0.1, 0.15) is 5.75 Å². The summed E-state index contributed by atoms with van der Waals surface area (Å²) >= 11 is 5.44. The summed E-state index contributed by atoms with van der Waals surface area (Å²) in [6, 6.07) is 14.4. The van der Waals surface area contributed by atoms with Gasteiger partial charge in [0.25, 0.3) is 0 Å². The Labute approximate surface area is 150 Å². The second-order valence-electron chi connectivity index (χ2n) is 6.29. The van der Waals surface area contributed by atoms with E-state index in [1.807, 2.05) is 30.3 Å². The van der Waals surface area contributed by atoms with Crippen molar-refractivity contribution in [2.45, 2.75) is 39.7 Å². The van der Waals surface area contributed by atoms with Gasteiger partial charge in [0.15, 0.2) is 5.11 Å². The topological polar surface area (TPSA) is 33.3 Å². The van der Waals surface area contributed by atoms with E-state index in [1.54, 1.807) is 7.11 Å². The molecule has 1 atom stereocenters. The molecule has 2 rings (SSSR count). The van der Waals surface area contributed by atoms with Crippen LogP contribution in [0, 0.1) is 6.92 Å². The molecule has 0 saturated heterocycles. The quantitative estimate of drug-likeness (QED) is 0.734. The van der Waals surface area contributed by atoms with E-state index in [0.717, 1.165) is 11.4 Å². The van der Waals surface area contributed by atoms with Crippen molar-refractivity contribution in [2.75, 3.05) is 12.4 Å². The molecule has 0 radical (unpaired) electrons. The first-order valence-corrected chi connectivity index (χ1v) is 8.64. The lowest BCUT2D eigenvalue weighted by Gasteiger charge is -2.22. The molecule has 24 heavy (non-hydrogen) atoms. The van der Waals surface area contributed by atoms with Crippen LogP contribution in [0.4, 0.5) is 5.69 Å². The van der Waals surface area contributed by atoms with Gasteiger partial charge >= 0.3 is 0 Å². The van der Waals surface area contributed by atoms with E-state index >= 15 is 0 Å². The zero-order valence-electron chi connectivity index (χ0n) is 15.0. The van der Waals surface area contributed by atoms with E-state index in [2.05, 4.69) is 50.5 Å². The van der Waals surface area contributed by atoms with Crippen molar-refractivity contribution < 1.29 is 4.74 Å². The Morgan fingerprint density at radius 1 is 1.04 bits per heavy atom. The fourth-order valence-electron chi connectivity index (χ4n) is 2.77.